The summed E-state index contributed by atoms with van der Waals surface area (Å²) in [6.07, 6.45) is 0. The second kappa shape index (κ2) is 8.34. The van der Waals surface area contributed by atoms with E-state index < -0.39 is 0 Å². The van der Waals surface area contributed by atoms with E-state index in [9.17, 15) is 4.39 Å². The van der Waals surface area contributed by atoms with Crippen LogP contribution in [0.3, 0.4) is 0 Å². The van der Waals surface area contributed by atoms with Crippen LogP contribution in [0, 0.1) is 5.82 Å². The first kappa shape index (κ1) is 19.3. The minimum atomic E-state index is -0.345. The van der Waals surface area contributed by atoms with Crippen LogP contribution < -0.4 is 5.32 Å². The highest BCUT2D eigenvalue weighted by molar-refractivity contribution is 7.16. The lowest BCUT2D eigenvalue weighted by molar-refractivity contribution is 0.197. The molecule has 1 saturated heterocycles. The van der Waals surface area contributed by atoms with Gasteiger partial charge < -0.3 is 5.32 Å². The Balaban J connectivity index is 0.00000192. The van der Waals surface area contributed by atoms with Crippen molar-refractivity contribution in [1.82, 2.24) is 10.2 Å². The molecule has 2 nitrogen and oxygen atoms in total. The van der Waals surface area contributed by atoms with Crippen molar-refractivity contribution in [3.63, 3.8) is 0 Å². The van der Waals surface area contributed by atoms with Crippen molar-refractivity contribution in [3.8, 4) is 0 Å². The molecule has 0 radical (unpaired) electrons. The molecule has 0 bridgehead atoms. The predicted molar refractivity (Wildman–Crippen MR) is 99.3 cm³/mol. The van der Waals surface area contributed by atoms with Gasteiger partial charge in [0.2, 0.25) is 0 Å². The first-order valence-corrected chi connectivity index (χ1v) is 8.86. The quantitative estimate of drug-likeness (QED) is 0.687. The van der Waals surface area contributed by atoms with Crippen LogP contribution in [-0.2, 0) is 0 Å². The van der Waals surface area contributed by atoms with E-state index in [2.05, 4.69) is 10.2 Å². The van der Waals surface area contributed by atoms with Crippen LogP contribution in [0.25, 0.3) is 0 Å². The van der Waals surface area contributed by atoms with Crippen LogP contribution in [-0.4, -0.2) is 31.1 Å². The van der Waals surface area contributed by atoms with Crippen molar-refractivity contribution in [1.29, 1.82) is 0 Å². The van der Waals surface area contributed by atoms with E-state index >= 15 is 0 Å². The largest absolute Gasteiger partial charge is 0.314 e. The minimum Gasteiger partial charge on any atom is -0.314 e. The van der Waals surface area contributed by atoms with E-state index in [1.54, 1.807) is 0 Å². The average molecular weight is 416 g/mol. The van der Waals surface area contributed by atoms with Gasteiger partial charge in [-0.25, -0.2) is 4.39 Å². The summed E-state index contributed by atoms with van der Waals surface area (Å²) in [6, 6.07) is 6.34. The monoisotopic (exact) mass is 414 g/mol. The highest BCUT2D eigenvalue weighted by atomic mass is 35.5. The Labute approximate surface area is 159 Å². The van der Waals surface area contributed by atoms with Crippen LogP contribution in [0.4, 0.5) is 4.39 Å². The molecule has 3 rings (SSSR count). The third-order valence-corrected chi connectivity index (χ3v) is 5.84. The van der Waals surface area contributed by atoms with Crippen molar-refractivity contribution < 1.29 is 4.39 Å². The van der Waals surface area contributed by atoms with Gasteiger partial charge in [-0.1, -0.05) is 34.8 Å². The van der Waals surface area contributed by atoms with Gasteiger partial charge >= 0.3 is 0 Å². The van der Waals surface area contributed by atoms with Gasteiger partial charge in [0.25, 0.3) is 0 Å². The highest BCUT2D eigenvalue weighted by Crippen LogP contribution is 2.41. The van der Waals surface area contributed by atoms with Crippen molar-refractivity contribution in [3.05, 3.63) is 54.9 Å². The number of benzene rings is 1. The zero-order valence-corrected chi connectivity index (χ0v) is 15.9. The lowest BCUT2D eigenvalue weighted by atomic mass is 10.0. The number of nitrogens with zero attached hydrogens (tertiary/aromatic N) is 1. The molecule has 0 aliphatic carbocycles. The molecule has 1 aromatic carbocycles. The third kappa shape index (κ3) is 4.13. The standard InChI is InChI=1S/C15H14Cl3FN2S.ClH/c16-9-1-2-10(19)13(14(9)18)15(11-3-4-12(17)22-11)21-7-5-20-6-8-21;/h1-4,15,20H,5-8H2;1H/t15-;/m1./s1. The van der Waals surface area contributed by atoms with E-state index in [1.807, 2.05) is 12.1 Å². The Hall–Kier alpha value is -0.0700. The van der Waals surface area contributed by atoms with Crippen molar-refractivity contribution in [2.75, 3.05) is 26.2 Å². The molecular weight excluding hydrogens is 401 g/mol. The van der Waals surface area contributed by atoms with Crippen LogP contribution in [0.1, 0.15) is 16.5 Å². The van der Waals surface area contributed by atoms with Crippen LogP contribution >= 0.6 is 58.5 Å². The Bertz CT molecular complexity index is 673. The summed E-state index contributed by atoms with van der Waals surface area (Å²) >= 11 is 20.0. The van der Waals surface area contributed by atoms with E-state index in [0.29, 0.717) is 14.9 Å². The van der Waals surface area contributed by atoms with E-state index in [4.69, 9.17) is 34.8 Å². The summed E-state index contributed by atoms with van der Waals surface area (Å²) in [4.78, 5) is 3.18. The third-order valence-electron chi connectivity index (χ3n) is 3.73. The first-order valence-electron chi connectivity index (χ1n) is 6.91. The second-order valence-corrected chi connectivity index (χ2v) is 7.62. The summed E-state index contributed by atoms with van der Waals surface area (Å²) in [7, 11) is 0. The van der Waals surface area contributed by atoms with Crippen molar-refractivity contribution in [2.24, 2.45) is 0 Å². The molecule has 0 unspecified atom stereocenters. The molecule has 2 aromatic rings. The maximum atomic E-state index is 14.5. The normalized spacial score (nSPS) is 16.9. The molecule has 0 spiro atoms. The van der Waals surface area contributed by atoms with Gasteiger partial charge in [0.15, 0.2) is 0 Å². The molecule has 1 atom stereocenters. The van der Waals surface area contributed by atoms with Crippen LogP contribution in [0.5, 0.6) is 0 Å². The average Bonchev–Trinajstić information content (AvgIpc) is 2.94. The van der Waals surface area contributed by atoms with Gasteiger partial charge in [0.05, 0.1) is 20.4 Å². The van der Waals surface area contributed by atoms with Crippen molar-refractivity contribution in [2.45, 2.75) is 6.04 Å². The number of rotatable bonds is 3. The molecular formula is C15H15Cl4FN2S. The van der Waals surface area contributed by atoms with Crippen molar-refractivity contribution >= 4 is 58.5 Å². The zero-order chi connectivity index (χ0) is 15.7. The molecule has 1 N–H and O–H groups in total. The fourth-order valence-electron chi connectivity index (χ4n) is 2.71. The second-order valence-electron chi connectivity index (χ2n) is 5.09. The molecule has 8 heteroatoms. The van der Waals surface area contributed by atoms with Gasteiger partial charge in [-0.3, -0.25) is 4.90 Å². The Kier molecular flexibility index (Phi) is 6.99. The predicted octanol–water partition coefficient (Wildman–Crippen LogP) is 5.26. The Morgan fingerprint density at radius 2 is 1.78 bits per heavy atom. The summed E-state index contributed by atoms with van der Waals surface area (Å²) in [6.45, 7) is 3.33. The van der Waals surface area contributed by atoms with Crippen LogP contribution in [0.15, 0.2) is 24.3 Å². The van der Waals surface area contributed by atoms with Gasteiger partial charge in [-0.15, -0.1) is 23.7 Å². The number of thiophene rings is 1. The summed E-state index contributed by atoms with van der Waals surface area (Å²) in [5.41, 5.74) is 0.426. The summed E-state index contributed by atoms with van der Waals surface area (Å²) in [5.74, 6) is -0.345. The van der Waals surface area contributed by atoms with E-state index in [0.717, 1.165) is 31.1 Å². The lowest BCUT2D eigenvalue weighted by Crippen LogP contribution is -2.45. The number of nitrogens with one attached hydrogen (secondary N) is 1. The molecule has 1 fully saturated rings. The summed E-state index contributed by atoms with van der Waals surface area (Å²) in [5, 5.41) is 3.94. The lowest BCUT2D eigenvalue weighted by Gasteiger charge is -2.35. The number of halogens is 5. The van der Waals surface area contributed by atoms with Gasteiger partial charge in [0.1, 0.15) is 5.82 Å². The fraction of sp³-hybridized carbons (Fsp3) is 0.333. The summed E-state index contributed by atoms with van der Waals surface area (Å²) < 4.78 is 15.2. The minimum absolute atomic E-state index is 0. The maximum absolute atomic E-state index is 14.5. The van der Waals surface area contributed by atoms with Crippen LogP contribution in [0.2, 0.25) is 14.4 Å². The van der Waals surface area contributed by atoms with Gasteiger partial charge in [-0.2, -0.15) is 0 Å². The molecule has 2 heterocycles. The molecule has 0 amide bonds. The van der Waals surface area contributed by atoms with Gasteiger partial charge in [-0.05, 0) is 24.3 Å². The van der Waals surface area contributed by atoms with E-state index in [1.165, 1.54) is 23.5 Å². The fourth-order valence-corrected chi connectivity index (χ4v) is 4.34. The number of hydrogen-bond acceptors (Lipinski definition) is 3. The molecule has 1 aromatic heterocycles. The Morgan fingerprint density at radius 1 is 1.09 bits per heavy atom. The van der Waals surface area contributed by atoms with E-state index in [-0.39, 0.29) is 29.3 Å². The molecule has 126 valence electrons. The molecule has 23 heavy (non-hydrogen) atoms. The highest BCUT2D eigenvalue weighted by Gasteiger charge is 2.30. The molecule has 1 aliphatic rings. The molecule has 1 aliphatic heterocycles. The molecule has 0 saturated carbocycles. The van der Waals surface area contributed by atoms with Gasteiger partial charge in [0, 0.05) is 36.6 Å². The smallest absolute Gasteiger partial charge is 0.129 e. The SMILES string of the molecule is Cl.Fc1ccc(Cl)c(Cl)c1[C@@H](c1ccc(Cl)s1)N1CCNCC1. The number of piperazine rings is 1. The first-order chi connectivity index (χ1) is 10.6. The number of hydrogen-bond donors (Lipinski definition) is 1. The maximum Gasteiger partial charge on any atom is 0.129 e. The topological polar surface area (TPSA) is 15.3 Å². The Morgan fingerprint density at radius 3 is 2.39 bits per heavy atom. The zero-order valence-electron chi connectivity index (χ0n) is 12.0.